The van der Waals surface area contributed by atoms with Crippen molar-refractivity contribution in [3.05, 3.63) is 40.8 Å². The van der Waals surface area contributed by atoms with Crippen LogP contribution >= 0.6 is 39.5 Å². The fraction of sp³-hybridized carbons (Fsp3) is 0.600. The molecule has 0 spiro atoms. The molecule has 1 aromatic heterocycles. The monoisotopic (exact) mass is 698 g/mol. The number of imidazole rings is 1. The largest absolute Gasteiger partial charge is 0.480 e. The highest BCUT2D eigenvalue weighted by molar-refractivity contribution is 9.10. The van der Waals surface area contributed by atoms with E-state index in [0.29, 0.717) is 24.8 Å². The Labute approximate surface area is 271 Å². The Morgan fingerprint density at radius 3 is 1.93 bits per heavy atom. The predicted octanol–water partition coefficient (Wildman–Crippen LogP) is 7.06. The van der Waals surface area contributed by atoms with Gasteiger partial charge in [-0.05, 0) is 84.6 Å². The van der Waals surface area contributed by atoms with E-state index in [1.807, 2.05) is 57.5 Å². The fourth-order valence-electron chi connectivity index (χ4n) is 4.76. The van der Waals surface area contributed by atoms with Crippen molar-refractivity contribution in [1.82, 2.24) is 19.8 Å². The van der Waals surface area contributed by atoms with Gasteiger partial charge in [0.05, 0.1) is 17.9 Å². The number of likely N-dealkylation sites (tertiary alicyclic amines) is 2. The van der Waals surface area contributed by atoms with Gasteiger partial charge >= 0.3 is 18.2 Å². The highest BCUT2D eigenvalue weighted by Crippen LogP contribution is 2.37. The molecule has 10 nitrogen and oxygen atoms in total. The molecule has 238 valence electrons. The summed E-state index contributed by atoms with van der Waals surface area (Å²) in [5.74, 6) is -0.155. The topological polar surface area (TPSA) is 125 Å². The van der Waals surface area contributed by atoms with Gasteiger partial charge in [0.25, 0.3) is 0 Å². The third-order valence-electron chi connectivity index (χ3n) is 6.80. The Morgan fingerprint density at radius 1 is 0.907 bits per heavy atom. The lowest BCUT2D eigenvalue weighted by molar-refractivity contribution is -0.142. The average Bonchev–Trinajstić information content (AvgIpc) is 3.65. The van der Waals surface area contributed by atoms with Gasteiger partial charge in [0.1, 0.15) is 23.1 Å². The molecule has 2 amide bonds. The number of aromatic nitrogens is 2. The van der Waals surface area contributed by atoms with E-state index in [4.69, 9.17) is 14.6 Å². The summed E-state index contributed by atoms with van der Waals surface area (Å²) in [7, 11) is 0. The number of ether oxygens (including phenoxy) is 2. The number of carboxylic acids is 1. The number of carbonyl (C=O) groups excluding carboxylic acids is 2. The minimum atomic E-state index is -0.965. The molecule has 4 rings (SSSR count). The Morgan fingerprint density at radius 2 is 1.42 bits per heavy atom. The van der Waals surface area contributed by atoms with E-state index in [1.54, 1.807) is 49.2 Å². The van der Waals surface area contributed by atoms with Gasteiger partial charge in [-0.2, -0.15) is 23.5 Å². The SMILES string of the molecule is CS[C@H]1C[C@@H](C(=O)O)N(C(=O)OC(C)(C)C)C1.CS[C@H]1C[C@@H](c2ncc(-c3ccc(Br)cc3)[nH]2)N(C(=O)OC(C)(C)C)C1. The summed E-state index contributed by atoms with van der Waals surface area (Å²) >= 11 is 6.81. The predicted molar refractivity (Wildman–Crippen MR) is 176 cm³/mol. The van der Waals surface area contributed by atoms with Crippen molar-refractivity contribution < 1.29 is 29.0 Å². The molecule has 0 saturated carbocycles. The van der Waals surface area contributed by atoms with Crippen LogP contribution in [0.4, 0.5) is 9.59 Å². The number of amides is 2. The second kappa shape index (κ2) is 14.6. The number of thioether (sulfide) groups is 2. The van der Waals surface area contributed by atoms with E-state index in [0.717, 1.165) is 28.0 Å². The van der Waals surface area contributed by atoms with Crippen LogP contribution in [0.2, 0.25) is 0 Å². The van der Waals surface area contributed by atoms with Gasteiger partial charge in [-0.1, -0.05) is 28.1 Å². The molecular weight excluding hydrogens is 656 g/mol. The van der Waals surface area contributed by atoms with E-state index < -0.39 is 29.3 Å². The van der Waals surface area contributed by atoms with Crippen molar-refractivity contribution in [2.45, 2.75) is 88.2 Å². The summed E-state index contributed by atoms with van der Waals surface area (Å²) in [5.41, 5.74) is 0.905. The minimum absolute atomic E-state index is 0.0912. The number of H-pyrrole nitrogens is 1. The lowest BCUT2D eigenvalue weighted by Crippen LogP contribution is -2.43. The van der Waals surface area contributed by atoms with Crippen molar-refractivity contribution >= 4 is 57.6 Å². The lowest BCUT2D eigenvalue weighted by atomic mass is 10.2. The number of rotatable bonds is 5. The molecule has 2 fully saturated rings. The average molecular weight is 700 g/mol. The molecule has 2 aromatic rings. The first kappa shape index (κ1) is 35.1. The molecule has 4 atom stereocenters. The number of nitrogens with zero attached hydrogens (tertiary/aromatic N) is 3. The van der Waals surface area contributed by atoms with Gasteiger partial charge in [-0.15, -0.1) is 0 Å². The molecule has 2 aliphatic rings. The van der Waals surface area contributed by atoms with E-state index in [1.165, 1.54) is 4.90 Å². The Hall–Kier alpha value is -2.38. The first-order valence-electron chi connectivity index (χ1n) is 14.1. The van der Waals surface area contributed by atoms with Gasteiger partial charge in [-0.3, -0.25) is 9.80 Å². The molecule has 2 saturated heterocycles. The van der Waals surface area contributed by atoms with E-state index in [2.05, 4.69) is 32.2 Å². The van der Waals surface area contributed by atoms with Crippen molar-refractivity contribution in [3.63, 3.8) is 0 Å². The standard InChI is InChI=1S/C19H24BrN3O2S.C11H19NO4S/c1-19(2,3)25-18(24)23-11-14(26-4)9-16(23)17-21-10-15(22-17)12-5-7-13(20)8-6-12;1-11(2,3)16-10(15)12-6-7(17-4)5-8(12)9(13)14/h5-8,10,14,16H,9,11H2,1-4H3,(H,21,22);7-8H,5-6H2,1-4H3,(H,13,14)/t14-,16-;7-,8-/m00/s1. The maximum atomic E-state index is 12.7. The molecule has 3 heterocycles. The van der Waals surface area contributed by atoms with Crippen molar-refractivity contribution in [1.29, 1.82) is 0 Å². The summed E-state index contributed by atoms with van der Waals surface area (Å²) in [4.78, 5) is 46.7. The lowest BCUT2D eigenvalue weighted by Gasteiger charge is -2.27. The third-order valence-corrected chi connectivity index (χ3v) is 9.34. The Balaban J connectivity index is 0.000000259. The van der Waals surface area contributed by atoms with Crippen molar-refractivity contribution in [2.24, 2.45) is 0 Å². The van der Waals surface area contributed by atoms with Crippen LogP contribution in [0, 0.1) is 0 Å². The molecular formula is C30H43BrN4O6S2. The number of aliphatic carboxylic acids is 1. The van der Waals surface area contributed by atoms with Crippen LogP contribution in [0.15, 0.2) is 34.9 Å². The van der Waals surface area contributed by atoms with E-state index in [-0.39, 0.29) is 17.4 Å². The maximum absolute atomic E-state index is 12.7. The first-order valence-corrected chi connectivity index (χ1v) is 17.5. The number of hydrogen-bond acceptors (Lipinski definition) is 8. The van der Waals surface area contributed by atoms with Crippen LogP contribution in [0.1, 0.15) is 66.3 Å². The molecule has 0 bridgehead atoms. The number of carboxylic acid groups (broad SMARTS) is 1. The second-order valence-corrected chi connectivity index (χ2v) is 15.7. The zero-order chi connectivity index (χ0) is 32.1. The number of aromatic amines is 1. The smallest absolute Gasteiger partial charge is 0.411 e. The molecule has 0 unspecified atom stereocenters. The number of benzene rings is 1. The quantitative estimate of drug-likeness (QED) is 0.337. The Kier molecular flexibility index (Phi) is 11.9. The first-order chi connectivity index (χ1) is 20.0. The molecule has 1 aromatic carbocycles. The molecule has 0 aliphatic carbocycles. The number of nitrogens with one attached hydrogen (secondary N) is 1. The van der Waals surface area contributed by atoms with Crippen LogP contribution in [0.25, 0.3) is 11.3 Å². The highest BCUT2D eigenvalue weighted by Gasteiger charge is 2.41. The molecule has 2 aliphatic heterocycles. The normalized spacial score (nSPS) is 22.2. The van der Waals surface area contributed by atoms with Crippen LogP contribution in [-0.2, 0) is 14.3 Å². The van der Waals surface area contributed by atoms with Crippen LogP contribution < -0.4 is 0 Å². The molecule has 0 radical (unpaired) electrons. The van der Waals surface area contributed by atoms with E-state index >= 15 is 0 Å². The zero-order valence-corrected chi connectivity index (χ0v) is 29.3. The highest BCUT2D eigenvalue weighted by atomic mass is 79.9. The van der Waals surface area contributed by atoms with Crippen molar-refractivity contribution in [2.75, 3.05) is 25.6 Å². The summed E-state index contributed by atoms with van der Waals surface area (Å²) < 4.78 is 11.8. The van der Waals surface area contributed by atoms with Gasteiger partial charge in [0, 0.05) is 28.1 Å². The number of hydrogen-bond donors (Lipinski definition) is 2. The van der Waals surface area contributed by atoms with Gasteiger partial charge in [0.2, 0.25) is 0 Å². The van der Waals surface area contributed by atoms with Gasteiger partial charge in [-0.25, -0.2) is 19.4 Å². The van der Waals surface area contributed by atoms with Gasteiger partial charge in [0.15, 0.2) is 0 Å². The number of halogens is 1. The summed E-state index contributed by atoms with van der Waals surface area (Å²) in [5, 5.41) is 9.64. The third kappa shape index (κ3) is 10.1. The molecule has 43 heavy (non-hydrogen) atoms. The fourth-order valence-corrected chi connectivity index (χ4v) is 6.39. The van der Waals surface area contributed by atoms with Crippen LogP contribution in [-0.4, -0.2) is 96.4 Å². The van der Waals surface area contributed by atoms with Crippen molar-refractivity contribution in [3.8, 4) is 11.3 Å². The van der Waals surface area contributed by atoms with Gasteiger partial charge < -0.3 is 19.6 Å². The van der Waals surface area contributed by atoms with Crippen LogP contribution in [0.3, 0.4) is 0 Å². The van der Waals surface area contributed by atoms with E-state index in [9.17, 15) is 14.4 Å². The zero-order valence-electron chi connectivity index (χ0n) is 26.0. The molecule has 13 heteroatoms. The maximum Gasteiger partial charge on any atom is 0.411 e. The van der Waals surface area contributed by atoms with Crippen LogP contribution in [0.5, 0.6) is 0 Å². The number of carbonyl (C=O) groups is 3. The Bertz CT molecular complexity index is 1260. The summed E-state index contributed by atoms with van der Waals surface area (Å²) in [6.45, 7) is 12.1. The minimum Gasteiger partial charge on any atom is -0.480 e. The molecule has 2 N–H and O–H groups in total. The summed E-state index contributed by atoms with van der Waals surface area (Å²) in [6, 6.07) is 7.22. The summed E-state index contributed by atoms with van der Waals surface area (Å²) in [6.07, 6.45) is 6.36. The second-order valence-electron chi connectivity index (χ2n) is 12.5.